The van der Waals surface area contributed by atoms with Gasteiger partial charge in [-0.2, -0.15) is 0 Å². The van der Waals surface area contributed by atoms with Gasteiger partial charge in [-0.25, -0.2) is 0 Å². The Morgan fingerprint density at radius 3 is 2.24 bits per heavy atom. The second-order valence-electron chi connectivity index (χ2n) is 5.50. The summed E-state index contributed by atoms with van der Waals surface area (Å²) >= 11 is 5.37. The van der Waals surface area contributed by atoms with Crippen LogP contribution in [0.25, 0.3) is 5.70 Å². The molecular weight excluding hydrogens is 336 g/mol. The highest BCUT2D eigenvalue weighted by Gasteiger charge is 2.20. The SMILES string of the molecule is COc1ccc(C2=C[C@@H](c3ccc(OC)c(OC)c3)NC(=S)N2)cc1. The molecule has 0 amide bonds. The maximum absolute atomic E-state index is 5.40. The van der Waals surface area contributed by atoms with Crippen LogP contribution >= 0.6 is 12.2 Å². The minimum atomic E-state index is -0.0642. The van der Waals surface area contributed by atoms with Crippen molar-refractivity contribution < 1.29 is 14.2 Å². The molecule has 0 fully saturated rings. The van der Waals surface area contributed by atoms with Crippen LogP contribution < -0.4 is 24.8 Å². The normalized spacial score (nSPS) is 16.4. The van der Waals surface area contributed by atoms with E-state index >= 15 is 0 Å². The molecule has 0 aromatic heterocycles. The quantitative estimate of drug-likeness (QED) is 0.802. The predicted octanol–water partition coefficient (Wildman–Crippen LogP) is 3.27. The molecular formula is C19H20N2O3S. The first-order chi connectivity index (χ1) is 12.1. The number of benzene rings is 2. The Hall–Kier alpha value is -2.73. The average Bonchev–Trinajstić information content (AvgIpc) is 2.67. The van der Waals surface area contributed by atoms with E-state index in [1.54, 1.807) is 21.3 Å². The first-order valence-electron chi connectivity index (χ1n) is 7.80. The van der Waals surface area contributed by atoms with E-state index in [9.17, 15) is 0 Å². The second kappa shape index (κ2) is 7.44. The van der Waals surface area contributed by atoms with Crippen LogP contribution in [-0.2, 0) is 0 Å². The van der Waals surface area contributed by atoms with Crippen LogP contribution in [0.3, 0.4) is 0 Å². The van der Waals surface area contributed by atoms with Gasteiger partial charge >= 0.3 is 0 Å². The molecule has 0 saturated heterocycles. The van der Waals surface area contributed by atoms with Gasteiger partial charge in [0.25, 0.3) is 0 Å². The van der Waals surface area contributed by atoms with Crippen molar-refractivity contribution in [2.24, 2.45) is 0 Å². The molecule has 0 spiro atoms. The summed E-state index contributed by atoms with van der Waals surface area (Å²) in [5, 5.41) is 7.05. The first-order valence-corrected chi connectivity index (χ1v) is 8.21. The van der Waals surface area contributed by atoms with Crippen LogP contribution in [0.5, 0.6) is 17.2 Å². The zero-order chi connectivity index (χ0) is 17.8. The Kier molecular flexibility index (Phi) is 5.09. The largest absolute Gasteiger partial charge is 0.497 e. The van der Waals surface area contributed by atoms with Gasteiger partial charge in [0.15, 0.2) is 16.6 Å². The Balaban J connectivity index is 1.94. The van der Waals surface area contributed by atoms with Crippen LogP contribution in [0.1, 0.15) is 17.2 Å². The van der Waals surface area contributed by atoms with Crippen molar-refractivity contribution in [1.82, 2.24) is 10.6 Å². The lowest BCUT2D eigenvalue weighted by Gasteiger charge is -2.26. The van der Waals surface area contributed by atoms with E-state index in [-0.39, 0.29) is 6.04 Å². The van der Waals surface area contributed by atoms with Crippen molar-refractivity contribution in [3.05, 3.63) is 59.7 Å². The van der Waals surface area contributed by atoms with E-state index in [2.05, 4.69) is 16.7 Å². The third-order valence-corrected chi connectivity index (χ3v) is 4.26. The van der Waals surface area contributed by atoms with Crippen LogP contribution in [0.15, 0.2) is 48.5 Å². The van der Waals surface area contributed by atoms with Gasteiger partial charge in [-0.05, 0) is 65.8 Å². The minimum absolute atomic E-state index is 0.0642. The fourth-order valence-corrected chi connectivity index (χ4v) is 2.95. The molecule has 0 radical (unpaired) electrons. The van der Waals surface area contributed by atoms with Crippen molar-refractivity contribution in [3.8, 4) is 17.2 Å². The van der Waals surface area contributed by atoms with Crippen LogP contribution in [0.2, 0.25) is 0 Å². The number of hydrogen-bond donors (Lipinski definition) is 2. The van der Waals surface area contributed by atoms with E-state index in [1.807, 2.05) is 42.5 Å². The number of thiocarbonyl (C=S) groups is 1. The topological polar surface area (TPSA) is 51.8 Å². The molecule has 1 aliphatic rings. The van der Waals surface area contributed by atoms with Gasteiger partial charge in [-0.15, -0.1) is 0 Å². The third-order valence-electron chi connectivity index (χ3n) is 4.04. The number of rotatable bonds is 5. The van der Waals surface area contributed by atoms with Gasteiger partial charge in [-0.3, -0.25) is 0 Å². The smallest absolute Gasteiger partial charge is 0.171 e. The molecule has 0 bridgehead atoms. The number of ether oxygens (including phenoxy) is 3. The molecule has 0 aliphatic carbocycles. The molecule has 130 valence electrons. The van der Waals surface area contributed by atoms with Gasteiger partial charge in [0, 0.05) is 5.70 Å². The molecule has 2 N–H and O–H groups in total. The minimum Gasteiger partial charge on any atom is -0.497 e. The molecule has 1 atom stereocenters. The molecule has 1 heterocycles. The van der Waals surface area contributed by atoms with E-state index in [0.717, 1.165) is 22.6 Å². The lowest BCUT2D eigenvalue weighted by molar-refractivity contribution is 0.354. The van der Waals surface area contributed by atoms with Crippen LogP contribution in [0.4, 0.5) is 0 Å². The number of methoxy groups -OCH3 is 3. The van der Waals surface area contributed by atoms with Crippen molar-refractivity contribution in [1.29, 1.82) is 0 Å². The van der Waals surface area contributed by atoms with Crippen molar-refractivity contribution in [2.45, 2.75) is 6.04 Å². The second-order valence-corrected chi connectivity index (χ2v) is 5.91. The molecule has 6 heteroatoms. The number of nitrogens with one attached hydrogen (secondary N) is 2. The summed E-state index contributed by atoms with van der Waals surface area (Å²) in [5.74, 6) is 2.20. The van der Waals surface area contributed by atoms with E-state index in [1.165, 1.54) is 0 Å². The summed E-state index contributed by atoms with van der Waals surface area (Å²) < 4.78 is 15.9. The Labute approximate surface area is 152 Å². The summed E-state index contributed by atoms with van der Waals surface area (Å²) in [6, 6.07) is 13.6. The molecule has 2 aromatic carbocycles. The van der Waals surface area contributed by atoms with Gasteiger partial charge < -0.3 is 24.8 Å². The zero-order valence-corrected chi connectivity index (χ0v) is 15.1. The summed E-state index contributed by atoms with van der Waals surface area (Å²) in [6.07, 6.45) is 2.10. The van der Waals surface area contributed by atoms with Crippen LogP contribution in [0, 0.1) is 0 Å². The van der Waals surface area contributed by atoms with Gasteiger partial charge in [0.05, 0.1) is 27.4 Å². The predicted molar refractivity (Wildman–Crippen MR) is 102 cm³/mol. The summed E-state index contributed by atoms with van der Waals surface area (Å²) in [5.41, 5.74) is 3.02. The summed E-state index contributed by atoms with van der Waals surface area (Å²) in [6.45, 7) is 0. The van der Waals surface area contributed by atoms with Gasteiger partial charge in [-0.1, -0.05) is 6.07 Å². The number of hydrogen-bond acceptors (Lipinski definition) is 4. The zero-order valence-electron chi connectivity index (χ0n) is 14.3. The highest BCUT2D eigenvalue weighted by molar-refractivity contribution is 7.80. The Morgan fingerprint density at radius 2 is 1.60 bits per heavy atom. The highest BCUT2D eigenvalue weighted by Crippen LogP contribution is 2.32. The highest BCUT2D eigenvalue weighted by atomic mass is 32.1. The maximum Gasteiger partial charge on any atom is 0.171 e. The van der Waals surface area contributed by atoms with Crippen molar-refractivity contribution in [3.63, 3.8) is 0 Å². The van der Waals surface area contributed by atoms with E-state index < -0.39 is 0 Å². The molecule has 5 nitrogen and oxygen atoms in total. The van der Waals surface area contributed by atoms with Crippen molar-refractivity contribution in [2.75, 3.05) is 21.3 Å². The fourth-order valence-electron chi connectivity index (χ4n) is 2.71. The standard InChI is InChI=1S/C19H20N2O3S/c1-22-14-7-4-12(5-8-14)15-11-16(21-19(25)20-15)13-6-9-17(23-2)18(10-13)24-3/h4-11,16H,1-3H3,(H2,20,21,25)/t16-/m0/s1. The lowest BCUT2D eigenvalue weighted by Crippen LogP contribution is -2.40. The molecule has 0 unspecified atom stereocenters. The average molecular weight is 356 g/mol. The van der Waals surface area contributed by atoms with Gasteiger partial charge in [0.2, 0.25) is 0 Å². The molecule has 1 aliphatic heterocycles. The maximum atomic E-state index is 5.40. The Bertz CT molecular complexity index is 803. The van der Waals surface area contributed by atoms with E-state index in [4.69, 9.17) is 26.4 Å². The molecule has 2 aromatic rings. The third kappa shape index (κ3) is 3.69. The monoisotopic (exact) mass is 356 g/mol. The van der Waals surface area contributed by atoms with Crippen LogP contribution in [-0.4, -0.2) is 26.4 Å². The Morgan fingerprint density at radius 1 is 0.880 bits per heavy atom. The first kappa shape index (κ1) is 17.1. The van der Waals surface area contributed by atoms with Gasteiger partial charge in [0.1, 0.15) is 5.75 Å². The van der Waals surface area contributed by atoms with E-state index in [0.29, 0.717) is 16.6 Å². The molecule has 25 heavy (non-hydrogen) atoms. The fraction of sp³-hybridized carbons (Fsp3) is 0.211. The molecule has 3 rings (SSSR count). The van der Waals surface area contributed by atoms with Crippen molar-refractivity contribution >= 4 is 23.0 Å². The molecule has 0 saturated carbocycles. The lowest BCUT2D eigenvalue weighted by atomic mass is 10.0. The summed E-state index contributed by atoms with van der Waals surface area (Å²) in [4.78, 5) is 0. The summed E-state index contributed by atoms with van der Waals surface area (Å²) in [7, 11) is 4.90.